The summed E-state index contributed by atoms with van der Waals surface area (Å²) in [7, 11) is -4.98. The van der Waals surface area contributed by atoms with Crippen molar-refractivity contribution in [1.82, 2.24) is 24.5 Å². The minimum absolute atomic E-state index is 0.0417. The Morgan fingerprint density at radius 1 is 1.02 bits per heavy atom. The van der Waals surface area contributed by atoms with E-state index >= 15 is 0 Å². The van der Waals surface area contributed by atoms with Gasteiger partial charge in [0.15, 0.2) is 19.7 Å². The molecule has 0 aliphatic carbocycles. The van der Waals surface area contributed by atoms with Crippen LogP contribution in [0, 0.1) is 12.8 Å². The van der Waals surface area contributed by atoms with E-state index < -0.39 is 19.7 Å². The maximum absolute atomic E-state index is 13.6. The molecule has 0 saturated carbocycles. The number of aryl methyl sites for hydroxylation is 2. The molecule has 1 atom stereocenters. The predicted molar refractivity (Wildman–Crippen MR) is 174 cm³/mol. The molecule has 3 aromatic heterocycles. The number of benzene rings is 2. The van der Waals surface area contributed by atoms with Gasteiger partial charge in [0.25, 0.3) is 0 Å². The number of pyridine rings is 1. The molecule has 13 heteroatoms. The first-order chi connectivity index (χ1) is 21.5. The summed E-state index contributed by atoms with van der Waals surface area (Å²) in [4.78, 5) is 7.31. The van der Waals surface area contributed by atoms with Gasteiger partial charge in [-0.3, -0.25) is 4.98 Å². The van der Waals surface area contributed by atoms with E-state index in [0.29, 0.717) is 42.7 Å². The summed E-state index contributed by atoms with van der Waals surface area (Å²) < 4.78 is 61.6. The first kappa shape index (κ1) is 29.9. The van der Waals surface area contributed by atoms with Gasteiger partial charge in [-0.2, -0.15) is 0 Å². The Kier molecular flexibility index (Phi) is 7.45. The molecule has 2 fully saturated rings. The number of hydrogen-bond acceptors (Lipinski definition) is 9. The molecule has 2 saturated heterocycles. The third kappa shape index (κ3) is 5.30. The molecule has 2 aliphatic heterocycles. The molecule has 2 aliphatic rings. The summed E-state index contributed by atoms with van der Waals surface area (Å²) in [6.07, 6.45) is 4.67. The van der Waals surface area contributed by atoms with Crippen LogP contribution in [0.2, 0.25) is 0 Å². The van der Waals surface area contributed by atoms with Crippen LogP contribution in [0.3, 0.4) is 0 Å². The quantitative estimate of drug-likeness (QED) is 0.269. The molecule has 236 valence electrons. The van der Waals surface area contributed by atoms with Crippen LogP contribution in [0.15, 0.2) is 59.6 Å². The molecule has 2 aromatic carbocycles. The summed E-state index contributed by atoms with van der Waals surface area (Å²) in [6.45, 7) is 3.80. The third-order valence-corrected chi connectivity index (χ3v) is 11.9. The Labute approximate surface area is 262 Å². The molecule has 0 radical (unpaired) electrons. The molecule has 0 bridgehead atoms. The topological polar surface area (TPSA) is 129 Å². The van der Waals surface area contributed by atoms with Crippen molar-refractivity contribution in [2.75, 3.05) is 49.0 Å². The Hall–Kier alpha value is -3.81. The summed E-state index contributed by atoms with van der Waals surface area (Å²) in [5, 5.41) is 9.18. The molecule has 5 aromatic rings. The maximum atomic E-state index is 13.6. The van der Waals surface area contributed by atoms with Crippen LogP contribution >= 0.6 is 0 Å². The van der Waals surface area contributed by atoms with Gasteiger partial charge >= 0.3 is 0 Å². The van der Waals surface area contributed by atoms with Crippen molar-refractivity contribution >= 4 is 47.3 Å². The zero-order valence-electron chi connectivity index (χ0n) is 25.5. The van der Waals surface area contributed by atoms with E-state index in [0.717, 1.165) is 46.6 Å². The highest BCUT2D eigenvalue weighted by atomic mass is 32.2. The zero-order chi connectivity index (χ0) is 31.5. The van der Waals surface area contributed by atoms with Crippen LogP contribution in [-0.2, 0) is 31.5 Å². The summed E-state index contributed by atoms with van der Waals surface area (Å²) in [6, 6.07) is 15.6. The lowest BCUT2D eigenvalue weighted by Crippen LogP contribution is -2.40. The van der Waals surface area contributed by atoms with E-state index in [1.54, 1.807) is 16.9 Å². The summed E-state index contributed by atoms with van der Waals surface area (Å²) in [5.74, 6) is 0.250. The second-order valence-corrected chi connectivity index (χ2v) is 16.4. The number of fused-ring (bicyclic) bond motifs is 3. The lowest BCUT2D eigenvalue weighted by atomic mass is 9.86. The monoisotopic (exact) mass is 648 g/mol. The van der Waals surface area contributed by atoms with Crippen LogP contribution < -0.4 is 4.90 Å². The zero-order valence-corrected chi connectivity index (χ0v) is 27.2. The minimum Gasteiger partial charge on any atom is -0.381 e. The van der Waals surface area contributed by atoms with E-state index in [4.69, 9.17) is 9.72 Å². The molecular formula is C32H36N6O5S2. The molecule has 5 heterocycles. The Morgan fingerprint density at radius 3 is 2.38 bits per heavy atom. The normalized spacial score (nSPS) is 18.5. The fraction of sp³-hybridized carbons (Fsp3) is 0.406. The highest BCUT2D eigenvalue weighted by Gasteiger charge is 2.34. The molecule has 45 heavy (non-hydrogen) atoms. The number of rotatable bonds is 6. The van der Waals surface area contributed by atoms with Gasteiger partial charge in [-0.05, 0) is 49.4 Å². The first-order valence-electron chi connectivity index (χ1n) is 15.1. The van der Waals surface area contributed by atoms with Crippen molar-refractivity contribution in [1.29, 1.82) is 0 Å². The Morgan fingerprint density at radius 2 is 1.73 bits per heavy atom. The Balaban J connectivity index is 1.62. The molecular weight excluding hydrogens is 613 g/mol. The lowest BCUT2D eigenvalue weighted by molar-refractivity contribution is 0.0552. The second kappa shape index (κ2) is 11.2. The van der Waals surface area contributed by atoms with E-state index in [9.17, 15) is 16.8 Å². The van der Waals surface area contributed by atoms with Crippen LogP contribution in [0.25, 0.3) is 33.2 Å². The predicted octanol–water partition coefficient (Wildman–Crippen LogP) is 3.95. The van der Waals surface area contributed by atoms with E-state index in [2.05, 4.69) is 38.0 Å². The van der Waals surface area contributed by atoms with Crippen molar-refractivity contribution < 1.29 is 21.6 Å². The summed E-state index contributed by atoms with van der Waals surface area (Å²) in [5.41, 5.74) is 6.32. The van der Waals surface area contributed by atoms with Crippen molar-refractivity contribution in [2.24, 2.45) is 13.0 Å². The van der Waals surface area contributed by atoms with Gasteiger partial charge in [0, 0.05) is 57.1 Å². The number of sulfone groups is 2. The number of hydrogen-bond donors (Lipinski definition) is 0. The molecule has 11 nitrogen and oxygen atoms in total. The SMILES string of the molecule is Cc1nnn(C)c1-c1cnc2c3c(N4CCS(=O)(=O)CC4)ccc(S(C)(=O)=O)c3n([C@H](c3ccccc3)C3CCOCC3)c2c1. The molecule has 0 amide bonds. The smallest absolute Gasteiger partial charge is 0.177 e. The number of nitrogens with zero attached hydrogens (tertiary/aromatic N) is 6. The van der Waals surface area contributed by atoms with Gasteiger partial charge in [-0.1, -0.05) is 35.5 Å². The van der Waals surface area contributed by atoms with Crippen molar-refractivity contribution in [3.63, 3.8) is 0 Å². The number of anilines is 1. The highest BCUT2D eigenvalue weighted by molar-refractivity contribution is 7.91. The fourth-order valence-corrected chi connectivity index (χ4v) is 9.16. The first-order valence-corrected chi connectivity index (χ1v) is 18.9. The average molecular weight is 649 g/mol. The van der Waals surface area contributed by atoms with Gasteiger partial charge in [-0.15, -0.1) is 5.10 Å². The molecule has 7 rings (SSSR count). The van der Waals surface area contributed by atoms with Gasteiger partial charge < -0.3 is 14.2 Å². The minimum atomic E-state index is -3.69. The van der Waals surface area contributed by atoms with Crippen molar-refractivity contribution in [3.8, 4) is 11.3 Å². The molecule has 0 N–H and O–H groups in total. The van der Waals surface area contributed by atoms with Crippen molar-refractivity contribution in [3.05, 3.63) is 66.0 Å². The van der Waals surface area contributed by atoms with Crippen LogP contribution in [0.4, 0.5) is 5.69 Å². The van der Waals surface area contributed by atoms with Crippen LogP contribution in [-0.4, -0.2) is 85.4 Å². The fourth-order valence-electron chi connectivity index (χ4n) is 7.09. The third-order valence-electron chi connectivity index (χ3n) is 9.21. The average Bonchev–Trinajstić information content (AvgIpc) is 3.53. The molecule has 0 unspecified atom stereocenters. The number of ether oxygens (including phenoxy) is 1. The van der Waals surface area contributed by atoms with Gasteiger partial charge in [-0.25, -0.2) is 21.5 Å². The lowest BCUT2D eigenvalue weighted by Gasteiger charge is -2.34. The highest BCUT2D eigenvalue weighted by Crippen LogP contribution is 2.46. The van der Waals surface area contributed by atoms with Gasteiger partial charge in [0.1, 0.15) is 0 Å². The summed E-state index contributed by atoms with van der Waals surface area (Å²) >= 11 is 0. The Bertz CT molecular complexity index is 2100. The van der Waals surface area contributed by atoms with Crippen LogP contribution in [0.1, 0.15) is 30.1 Å². The molecule has 0 spiro atoms. The maximum Gasteiger partial charge on any atom is 0.177 e. The number of aromatic nitrogens is 5. The van der Waals surface area contributed by atoms with E-state index in [1.807, 2.05) is 38.2 Å². The van der Waals surface area contributed by atoms with Gasteiger partial charge in [0.2, 0.25) is 0 Å². The largest absolute Gasteiger partial charge is 0.381 e. The van der Waals surface area contributed by atoms with E-state index in [1.165, 1.54) is 6.26 Å². The second-order valence-electron chi connectivity index (χ2n) is 12.1. The standard InChI is InChI=1S/C32H36N6O5S2/c1-21-30(36(2)35-34-21)24-19-26-29(33-20-24)28-25(37-13-17-45(41,42)18-14-37)9-10-27(44(3,39)40)32(28)38(26)31(22-7-5-4-6-8-22)23-11-15-43-16-12-23/h4-10,19-20,23,31H,11-18H2,1-3H3/t31-/m1/s1. The van der Waals surface area contributed by atoms with E-state index in [-0.39, 0.29) is 28.4 Å². The van der Waals surface area contributed by atoms with Crippen molar-refractivity contribution in [2.45, 2.75) is 30.7 Å². The van der Waals surface area contributed by atoms with Gasteiger partial charge in [0.05, 0.1) is 55.8 Å². The van der Waals surface area contributed by atoms with Crippen LogP contribution in [0.5, 0.6) is 0 Å².